The van der Waals surface area contributed by atoms with Gasteiger partial charge in [-0.2, -0.15) is 0 Å². The number of carbonyl (C=O) groups excluding carboxylic acids is 2. The number of nitrogens with two attached hydrogens (primary N) is 1. The quantitative estimate of drug-likeness (QED) is 0.418. The molecule has 4 N–H and O–H groups in total. The second kappa shape index (κ2) is 13.4. The summed E-state index contributed by atoms with van der Waals surface area (Å²) in [6, 6.07) is 8.98. The number of piperidine rings is 1. The van der Waals surface area contributed by atoms with E-state index in [4.69, 9.17) is 5.73 Å². The molecule has 186 valence electrons. The predicted octanol–water partition coefficient (Wildman–Crippen LogP) is 3.61. The van der Waals surface area contributed by atoms with Crippen LogP contribution >= 0.6 is 0 Å². The lowest BCUT2D eigenvalue weighted by molar-refractivity contribution is -0.132. The number of anilines is 2. The maximum atomic E-state index is 12.6. The molecule has 1 aromatic rings. The molecule has 0 spiro atoms. The lowest BCUT2D eigenvalue weighted by atomic mass is 9.99. The third-order valence-corrected chi connectivity index (χ3v) is 6.57. The number of primary amides is 1. The third kappa shape index (κ3) is 9.24. The molecule has 0 aliphatic carbocycles. The van der Waals surface area contributed by atoms with Crippen molar-refractivity contribution >= 4 is 23.2 Å². The van der Waals surface area contributed by atoms with Crippen molar-refractivity contribution in [1.29, 1.82) is 0 Å². The summed E-state index contributed by atoms with van der Waals surface area (Å²) in [7, 11) is 0. The smallest absolute Gasteiger partial charge is 0.222 e. The van der Waals surface area contributed by atoms with E-state index in [0.717, 1.165) is 57.5 Å². The van der Waals surface area contributed by atoms with Crippen LogP contribution in [-0.4, -0.2) is 60.1 Å². The number of amides is 2. The number of aliphatic hydroxyl groups excluding tert-OH is 1. The largest absolute Gasteiger partial charge is 0.393 e. The van der Waals surface area contributed by atoms with Gasteiger partial charge in [-0.3, -0.25) is 9.59 Å². The second-order valence-corrected chi connectivity index (χ2v) is 9.94. The number of likely N-dealkylation sites (tertiary alicyclic amines) is 1. The van der Waals surface area contributed by atoms with Crippen LogP contribution in [-0.2, 0) is 9.59 Å². The topological polar surface area (TPSA) is 98.9 Å². The van der Waals surface area contributed by atoms with Crippen LogP contribution in [0.2, 0.25) is 0 Å². The Hall–Kier alpha value is -2.28. The van der Waals surface area contributed by atoms with E-state index >= 15 is 0 Å². The number of rotatable bonds is 13. The number of carbonyl (C=O) groups is 2. The fourth-order valence-corrected chi connectivity index (χ4v) is 4.18. The van der Waals surface area contributed by atoms with Crippen molar-refractivity contribution in [3.05, 3.63) is 24.3 Å². The van der Waals surface area contributed by atoms with Crippen LogP contribution in [0.15, 0.2) is 24.3 Å². The van der Waals surface area contributed by atoms with Gasteiger partial charge in [0.1, 0.15) is 0 Å². The van der Waals surface area contributed by atoms with Gasteiger partial charge in [0.15, 0.2) is 0 Å². The van der Waals surface area contributed by atoms with E-state index in [0.29, 0.717) is 24.8 Å². The first-order valence-corrected chi connectivity index (χ1v) is 12.5. The molecule has 1 aliphatic rings. The average molecular weight is 461 g/mol. The van der Waals surface area contributed by atoms with Gasteiger partial charge in [0.05, 0.1) is 6.10 Å². The minimum Gasteiger partial charge on any atom is -0.393 e. The summed E-state index contributed by atoms with van der Waals surface area (Å²) in [5.74, 6) is 0.153. The van der Waals surface area contributed by atoms with E-state index in [-0.39, 0.29) is 23.8 Å². The van der Waals surface area contributed by atoms with E-state index in [9.17, 15) is 14.7 Å². The Morgan fingerprint density at radius 3 is 2.27 bits per heavy atom. The normalized spacial score (nSPS) is 16.5. The molecule has 1 aromatic carbocycles. The Labute approximate surface area is 199 Å². The summed E-state index contributed by atoms with van der Waals surface area (Å²) >= 11 is 0. The van der Waals surface area contributed by atoms with E-state index in [1.54, 1.807) is 13.8 Å². The Bertz CT molecular complexity index is 728. The van der Waals surface area contributed by atoms with Crippen molar-refractivity contribution in [2.24, 2.45) is 17.6 Å². The van der Waals surface area contributed by atoms with Crippen molar-refractivity contribution in [1.82, 2.24) is 4.90 Å². The van der Waals surface area contributed by atoms with Gasteiger partial charge in [-0.1, -0.05) is 20.8 Å². The molecule has 7 heteroatoms. The van der Waals surface area contributed by atoms with Gasteiger partial charge >= 0.3 is 0 Å². The van der Waals surface area contributed by atoms with Crippen LogP contribution in [0.25, 0.3) is 0 Å². The molecule has 33 heavy (non-hydrogen) atoms. The Morgan fingerprint density at radius 2 is 1.73 bits per heavy atom. The van der Waals surface area contributed by atoms with Gasteiger partial charge in [0.2, 0.25) is 11.8 Å². The SMILES string of the molecule is CC(C)CCN(c1ccc(NCCC(C)O)cc1)C1CCN(C(=O)CCC(C)C(N)=O)CC1. The standard InChI is InChI=1S/C26H44N4O3/c1-19(2)12-18-30(23-8-6-22(7-9-23)28-15-11-21(4)31)24-13-16-29(17-14-24)25(32)10-5-20(3)26(27)33/h6-9,19-21,24,28,31H,5,10-18H2,1-4H3,(H2,27,33). The van der Waals surface area contributed by atoms with Crippen LogP contribution < -0.4 is 16.0 Å². The predicted molar refractivity (Wildman–Crippen MR) is 135 cm³/mol. The van der Waals surface area contributed by atoms with Gasteiger partial charge in [-0.05, 0) is 69.2 Å². The van der Waals surface area contributed by atoms with E-state index in [1.165, 1.54) is 5.69 Å². The Kier molecular flexibility index (Phi) is 11.0. The number of aliphatic hydroxyl groups is 1. The molecular weight excluding hydrogens is 416 g/mol. The van der Waals surface area contributed by atoms with Gasteiger partial charge in [-0.15, -0.1) is 0 Å². The highest BCUT2D eigenvalue weighted by Crippen LogP contribution is 2.27. The highest BCUT2D eigenvalue weighted by atomic mass is 16.3. The zero-order valence-corrected chi connectivity index (χ0v) is 20.9. The number of benzene rings is 1. The zero-order valence-electron chi connectivity index (χ0n) is 20.9. The fourth-order valence-electron chi connectivity index (χ4n) is 4.18. The van der Waals surface area contributed by atoms with Gasteiger partial charge < -0.3 is 26.0 Å². The first kappa shape index (κ1) is 27.0. The van der Waals surface area contributed by atoms with Gasteiger partial charge in [0.25, 0.3) is 0 Å². The maximum Gasteiger partial charge on any atom is 0.222 e. The number of hydrogen-bond donors (Lipinski definition) is 3. The molecule has 0 bridgehead atoms. The molecule has 2 amide bonds. The molecule has 0 radical (unpaired) electrons. The molecule has 7 nitrogen and oxygen atoms in total. The summed E-state index contributed by atoms with van der Waals surface area (Å²) in [5, 5.41) is 12.8. The minimum atomic E-state index is -0.341. The molecule has 0 aromatic heterocycles. The Balaban J connectivity index is 1.95. The van der Waals surface area contributed by atoms with E-state index in [1.807, 2.05) is 4.90 Å². The van der Waals surface area contributed by atoms with Crippen molar-refractivity contribution in [2.45, 2.75) is 78.4 Å². The second-order valence-electron chi connectivity index (χ2n) is 9.94. The van der Waals surface area contributed by atoms with Crippen molar-refractivity contribution < 1.29 is 14.7 Å². The minimum absolute atomic E-state index is 0.128. The van der Waals surface area contributed by atoms with Crippen molar-refractivity contribution in [3.8, 4) is 0 Å². The molecular formula is C26H44N4O3. The molecule has 1 aliphatic heterocycles. The highest BCUT2D eigenvalue weighted by Gasteiger charge is 2.27. The zero-order chi connectivity index (χ0) is 24.4. The average Bonchev–Trinajstić information content (AvgIpc) is 2.78. The number of nitrogens with one attached hydrogen (secondary N) is 1. The first-order chi connectivity index (χ1) is 15.7. The number of hydrogen-bond acceptors (Lipinski definition) is 5. The van der Waals surface area contributed by atoms with E-state index < -0.39 is 0 Å². The lowest BCUT2D eigenvalue weighted by Gasteiger charge is -2.40. The molecule has 1 fully saturated rings. The van der Waals surface area contributed by atoms with Crippen molar-refractivity contribution in [3.63, 3.8) is 0 Å². The van der Waals surface area contributed by atoms with Crippen LogP contribution in [0.4, 0.5) is 11.4 Å². The number of nitrogens with zero attached hydrogens (tertiary/aromatic N) is 2. The first-order valence-electron chi connectivity index (χ1n) is 12.5. The summed E-state index contributed by atoms with van der Waals surface area (Å²) < 4.78 is 0. The van der Waals surface area contributed by atoms with Crippen LogP contribution in [0.1, 0.15) is 66.2 Å². The van der Waals surface area contributed by atoms with E-state index in [2.05, 4.69) is 48.3 Å². The molecule has 2 atom stereocenters. The molecule has 2 rings (SSSR count). The fraction of sp³-hybridized carbons (Fsp3) is 0.692. The monoisotopic (exact) mass is 460 g/mol. The molecule has 1 heterocycles. The van der Waals surface area contributed by atoms with Crippen LogP contribution in [0, 0.1) is 11.8 Å². The maximum absolute atomic E-state index is 12.6. The van der Waals surface area contributed by atoms with Crippen LogP contribution in [0.3, 0.4) is 0 Å². The lowest BCUT2D eigenvalue weighted by Crippen LogP contribution is -2.47. The summed E-state index contributed by atoms with van der Waals surface area (Å²) in [4.78, 5) is 28.3. The van der Waals surface area contributed by atoms with Gasteiger partial charge in [0, 0.05) is 55.9 Å². The molecule has 1 saturated heterocycles. The van der Waals surface area contributed by atoms with Crippen molar-refractivity contribution in [2.75, 3.05) is 36.4 Å². The Morgan fingerprint density at radius 1 is 1.09 bits per heavy atom. The summed E-state index contributed by atoms with van der Waals surface area (Å²) in [5.41, 5.74) is 7.60. The summed E-state index contributed by atoms with van der Waals surface area (Å²) in [6.45, 7) is 11.3. The summed E-state index contributed by atoms with van der Waals surface area (Å²) in [6.07, 6.45) is 4.35. The van der Waals surface area contributed by atoms with Crippen LogP contribution in [0.5, 0.6) is 0 Å². The third-order valence-electron chi connectivity index (χ3n) is 6.57. The van der Waals surface area contributed by atoms with Gasteiger partial charge in [-0.25, -0.2) is 0 Å². The molecule has 0 saturated carbocycles. The molecule has 2 unspecified atom stereocenters. The highest BCUT2D eigenvalue weighted by molar-refractivity contribution is 5.79.